The lowest BCUT2D eigenvalue weighted by atomic mass is 9.99. The average molecular weight is 212 g/mol. The highest BCUT2D eigenvalue weighted by Crippen LogP contribution is 2.20. The van der Waals surface area contributed by atoms with Crippen molar-refractivity contribution in [1.29, 1.82) is 0 Å². The van der Waals surface area contributed by atoms with E-state index in [-0.39, 0.29) is 5.91 Å². The Morgan fingerprint density at radius 3 is 2.71 bits per heavy atom. The number of hydrogen-bond acceptors (Lipinski definition) is 3. The van der Waals surface area contributed by atoms with Crippen molar-refractivity contribution in [1.82, 2.24) is 0 Å². The largest absolute Gasteiger partial charge is 0.323 e. The molecule has 0 aliphatic heterocycles. The van der Waals surface area contributed by atoms with Gasteiger partial charge in [0.15, 0.2) is 0 Å². The number of carbonyl (C=O) groups excluding carboxylic acids is 1. The minimum atomic E-state index is -0.783. The Morgan fingerprint density at radius 2 is 2.29 bits per heavy atom. The van der Waals surface area contributed by atoms with Gasteiger partial charge in [0.05, 0.1) is 11.2 Å². The molecule has 3 N–H and O–H groups in total. The summed E-state index contributed by atoms with van der Waals surface area (Å²) in [5, 5.41) is 6.74. The van der Waals surface area contributed by atoms with Gasteiger partial charge in [-0.15, -0.1) is 11.3 Å². The van der Waals surface area contributed by atoms with Crippen LogP contribution in [0.4, 0.5) is 5.69 Å². The molecule has 0 spiro atoms. The number of carbonyl (C=O) groups is 1. The van der Waals surface area contributed by atoms with E-state index in [4.69, 9.17) is 5.73 Å². The van der Waals surface area contributed by atoms with E-state index in [1.807, 2.05) is 24.6 Å². The van der Waals surface area contributed by atoms with Crippen molar-refractivity contribution in [3.05, 3.63) is 16.3 Å². The highest BCUT2D eigenvalue weighted by molar-refractivity contribution is 7.08. The predicted molar refractivity (Wildman–Crippen MR) is 60.6 cm³/mol. The zero-order chi connectivity index (χ0) is 10.8. The van der Waals surface area contributed by atoms with Gasteiger partial charge in [0.1, 0.15) is 0 Å². The number of thiophene rings is 1. The van der Waals surface area contributed by atoms with Crippen LogP contribution in [-0.4, -0.2) is 11.4 Å². The van der Waals surface area contributed by atoms with Crippen LogP contribution in [0.3, 0.4) is 0 Å². The maximum atomic E-state index is 11.7. The second-order valence-corrected chi connectivity index (χ2v) is 4.44. The van der Waals surface area contributed by atoms with E-state index >= 15 is 0 Å². The monoisotopic (exact) mass is 212 g/mol. The molecule has 0 saturated heterocycles. The molecule has 0 aromatic carbocycles. The van der Waals surface area contributed by atoms with Crippen LogP contribution in [0, 0.1) is 6.92 Å². The van der Waals surface area contributed by atoms with Gasteiger partial charge in [0, 0.05) is 5.38 Å². The molecule has 1 aromatic rings. The zero-order valence-electron chi connectivity index (χ0n) is 8.76. The van der Waals surface area contributed by atoms with Crippen LogP contribution in [0.5, 0.6) is 0 Å². The fourth-order valence-electron chi connectivity index (χ4n) is 0.914. The van der Waals surface area contributed by atoms with Crippen LogP contribution in [0.2, 0.25) is 0 Å². The highest BCUT2D eigenvalue weighted by atomic mass is 32.1. The number of anilines is 1. The fourth-order valence-corrected chi connectivity index (χ4v) is 1.69. The van der Waals surface area contributed by atoms with E-state index in [2.05, 4.69) is 5.32 Å². The molecule has 1 unspecified atom stereocenters. The molecule has 78 valence electrons. The molecule has 0 aliphatic carbocycles. The molecule has 0 bridgehead atoms. The van der Waals surface area contributed by atoms with Gasteiger partial charge in [-0.1, -0.05) is 6.92 Å². The molecule has 3 nitrogen and oxygen atoms in total. The molecular weight excluding hydrogens is 196 g/mol. The zero-order valence-corrected chi connectivity index (χ0v) is 9.57. The van der Waals surface area contributed by atoms with Gasteiger partial charge in [-0.25, -0.2) is 0 Å². The lowest BCUT2D eigenvalue weighted by molar-refractivity contribution is -0.120. The van der Waals surface area contributed by atoms with Crippen molar-refractivity contribution in [3.8, 4) is 0 Å². The highest BCUT2D eigenvalue weighted by Gasteiger charge is 2.26. The van der Waals surface area contributed by atoms with E-state index in [0.717, 1.165) is 11.3 Å². The number of aryl methyl sites for hydroxylation is 1. The second-order valence-electron chi connectivity index (χ2n) is 3.69. The Kier molecular flexibility index (Phi) is 3.29. The maximum absolute atomic E-state index is 11.7. The summed E-state index contributed by atoms with van der Waals surface area (Å²) >= 11 is 1.57. The third-order valence-electron chi connectivity index (χ3n) is 2.36. The average Bonchev–Trinajstić information content (AvgIpc) is 2.52. The summed E-state index contributed by atoms with van der Waals surface area (Å²) in [5.41, 5.74) is 6.98. The molecular formula is C10H16N2OS. The first-order chi connectivity index (χ1) is 6.47. The molecule has 1 amide bonds. The molecule has 14 heavy (non-hydrogen) atoms. The molecule has 4 heteroatoms. The Balaban J connectivity index is 2.71. The predicted octanol–water partition coefficient (Wildman–Crippen LogP) is 2.12. The van der Waals surface area contributed by atoms with E-state index in [9.17, 15) is 4.79 Å². The van der Waals surface area contributed by atoms with Gasteiger partial charge in [-0.3, -0.25) is 4.79 Å². The second kappa shape index (κ2) is 4.11. The number of hydrogen-bond donors (Lipinski definition) is 2. The molecule has 1 aromatic heterocycles. The summed E-state index contributed by atoms with van der Waals surface area (Å²) in [6.07, 6.45) is 0.627. The summed E-state index contributed by atoms with van der Waals surface area (Å²) in [4.78, 5) is 11.7. The van der Waals surface area contributed by atoms with Crippen LogP contribution in [0.1, 0.15) is 25.8 Å². The van der Waals surface area contributed by atoms with Crippen molar-refractivity contribution >= 4 is 22.9 Å². The van der Waals surface area contributed by atoms with Crippen molar-refractivity contribution < 1.29 is 4.79 Å². The Morgan fingerprint density at radius 1 is 1.64 bits per heavy atom. The van der Waals surface area contributed by atoms with Crippen molar-refractivity contribution in [2.45, 2.75) is 32.7 Å². The topological polar surface area (TPSA) is 55.1 Å². The molecule has 0 aliphatic rings. The molecule has 1 atom stereocenters. The lowest BCUT2D eigenvalue weighted by Crippen LogP contribution is -2.47. The maximum Gasteiger partial charge on any atom is 0.244 e. The summed E-state index contributed by atoms with van der Waals surface area (Å²) in [7, 11) is 0. The normalized spacial score (nSPS) is 14.9. The first kappa shape index (κ1) is 11.2. The number of rotatable bonds is 3. The number of nitrogens with two attached hydrogens (primary N) is 1. The molecule has 0 saturated carbocycles. The van der Waals surface area contributed by atoms with Gasteiger partial charge >= 0.3 is 0 Å². The van der Waals surface area contributed by atoms with Gasteiger partial charge in [-0.05, 0) is 31.2 Å². The summed E-state index contributed by atoms with van der Waals surface area (Å²) in [6, 6.07) is 0. The van der Waals surface area contributed by atoms with Crippen LogP contribution in [0.25, 0.3) is 0 Å². The van der Waals surface area contributed by atoms with Crippen LogP contribution >= 0.6 is 11.3 Å². The first-order valence-electron chi connectivity index (χ1n) is 4.60. The third kappa shape index (κ3) is 2.33. The van der Waals surface area contributed by atoms with E-state index in [1.165, 1.54) is 0 Å². The van der Waals surface area contributed by atoms with Gasteiger partial charge in [0.2, 0.25) is 5.91 Å². The third-order valence-corrected chi connectivity index (χ3v) is 3.22. The van der Waals surface area contributed by atoms with Gasteiger partial charge < -0.3 is 11.1 Å². The van der Waals surface area contributed by atoms with Crippen molar-refractivity contribution in [3.63, 3.8) is 0 Å². The van der Waals surface area contributed by atoms with Gasteiger partial charge in [0.25, 0.3) is 0 Å². The summed E-state index contributed by atoms with van der Waals surface area (Å²) in [6.45, 7) is 5.61. The summed E-state index contributed by atoms with van der Waals surface area (Å²) in [5.74, 6) is -0.124. The van der Waals surface area contributed by atoms with Crippen LogP contribution in [-0.2, 0) is 4.79 Å². The molecule has 0 fully saturated rings. The molecule has 1 heterocycles. The number of amides is 1. The van der Waals surface area contributed by atoms with E-state index in [0.29, 0.717) is 6.42 Å². The SMILES string of the molecule is CCC(C)(N)C(=O)Nc1cscc1C. The summed E-state index contributed by atoms with van der Waals surface area (Å²) < 4.78 is 0. The molecule has 0 radical (unpaired) electrons. The Hall–Kier alpha value is -0.870. The lowest BCUT2D eigenvalue weighted by Gasteiger charge is -2.21. The quantitative estimate of drug-likeness (QED) is 0.806. The Labute approximate surface area is 88.3 Å². The smallest absolute Gasteiger partial charge is 0.244 e. The Bertz CT molecular complexity index is 331. The van der Waals surface area contributed by atoms with Crippen LogP contribution in [0.15, 0.2) is 10.8 Å². The molecule has 1 rings (SSSR count). The fraction of sp³-hybridized carbons (Fsp3) is 0.500. The number of nitrogens with one attached hydrogen (secondary N) is 1. The minimum absolute atomic E-state index is 0.124. The first-order valence-corrected chi connectivity index (χ1v) is 5.55. The minimum Gasteiger partial charge on any atom is -0.323 e. The standard InChI is InChI=1S/C10H16N2OS/c1-4-10(3,11)9(13)12-8-6-14-5-7(8)2/h5-6H,4,11H2,1-3H3,(H,12,13). The van der Waals surface area contributed by atoms with E-state index < -0.39 is 5.54 Å². The van der Waals surface area contributed by atoms with E-state index in [1.54, 1.807) is 18.3 Å². The van der Waals surface area contributed by atoms with Gasteiger partial charge in [-0.2, -0.15) is 0 Å². The van der Waals surface area contributed by atoms with Crippen molar-refractivity contribution in [2.75, 3.05) is 5.32 Å². The van der Waals surface area contributed by atoms with Crippen LogP contribution < -0.4 is 11.1 Å². The van der Waals surface area contributed by atoms with Crippen molar-refractivity contribution in [2.24, 2.45) is 5.73 Å².